The van der Waals surface area contributed by atoms with Crippen LogP contribution in [-0.4, -0.2) is 40.5 Å². The molecule has 1 N–H and O–H groups in total. The van der Waals surface area contributed by atoms with Crippen LogP contribution < -0.4 is 10.9 Å². The van der Waals surface area contributed by atoms with E-state index in [-0.39, 0.29) is 18.0 Å². The number of carbonyl (C=O) groups is 1. The second-order valence-corrected chi connectivity index (χ2v) is 7.15. The Labute approximate surface area is 173 Å². The predicted octanol–water partition coefficient (Wildman–Crippen LogP) is 2.55. The number of para-hydroxylation sites is 1. The largest absolute Gasteiger partial charge is 0.385 e. The smallest absolute Gasteiger partial charge is 0.291 e. The van der Waals surface area contributed by atoms with Crippen molar-refractivity contribution >= 4 is 27.7 Å². The summed E-state index contributed by atoms with van der Waals surface area (Å²) in [4.78, 5) is 25.6. The number of hydrogen-bond donors (Lipinski definition) is 1. The fourth-order valence-electron chi connectivity index (χ4n) is 3.67. The number of fused-ring (bicyclic) bond motifs is 3. The Morgan fingerprint density at radius 2 is 1.83 bits per heavy atom. The summed E-state index contributed by atoms with van der Waals surface area (Å²) in [5.41, 5.74) is 2.35. The van der Waals surface area contributed by atoms with Gasteiger partial charge in [0.15, 0.2) is 0 Å². The summed E-state index contributed by atoms with van der Waals surface area (Å²) >= 11 is 0. The molecule has 154 valence electrons. The lowest BCUT2D eigenvalue weighted by Crippen LogP contribution is -2.34. The molecule has 0 aliphatic carbocycles. The highest BCUT2D eigenvalue weighted by Crippen LogP contribution is 2.27. The van der Waals surface area contributed by atoms with Gasteiger partial charge in [0.25, 0.3) is 5.56 Å². The Morgan fingerprint density at radius 3 is 2.63 bits per heavy atom. The Bertz CT molecular complexity index is 1230. The van der Waals surface area contributed by atoms with Gasteiger partial charge in [-0.25, -0.2) is 4.68 Å². The summed E-state index contributed by atoms with van der Waals surface area (Å²) in [6, 6.07) is 17.9. The van der Waals surface area contributed by atoms with Gasteiger partial charge in [-0.05, 0) is 18.1 Å². The van der Waals surface area contributed by atoms with Gasteiger partial charge in [-0.1, -0.05) is 48.5 Å². The molecule has 0 aliphatic heterocycles. The van der Waals surface area contributed by atoms with Crippen LogP contribution in [0.2, 0.25) is 0 Å². The van der Waals surface area contributed by atoms with Gasteiger partial charge in [-0.3, -0.25) is 9.59 Å². The molecule has 0 unspecified atom stereocenters. The first-order valence-corrected chi connectivity index (χ1v) is 9.95. The van der Waals surface area contributed by atoms with Gasteiger partial charge >= 0.3 is 0 Å². The molecule has 2 heterocycles. The lowest BCUT2D eigenvalue weighted by molar-refractivity contribution is -0.121. The number of rotatable bonds is 8. The van der Waals surface area contributed by atoms with Crippen LogP contribution in [0.3, 0.4) is 0 Å². The zero-order chi connectivity index (χ0) is 20.9. The van der Waals surface area contributed by atoms with E-state index in [2.05, 4.69) is 10.4 Å². The van der Waals surface area contributed by atoms with E-state index in [1.807, 2.05) is 59.2 Å². The second kappa shape index (κ2) is 8.92. The van der Waals surface area contributed by atoms with Crippen LogP contribution in [0.4, 0.5) is 0 Å². The van der Waals surface area contributed by atoms with Crippen molar-refractivity contribution < 1.29 is 9.53 Å². The van der Waals surface area contributed by atoms with Crippen LogP contribution in [0.25, 0.3) is 21.8 Å². The molecule has 0 atom stereocenters. The van der Waals surface area contributed by atoms with Gasteiger partial charge in [0, 0.05) is 43.1 Å². The Hall–Kier alpha value is -3.45. The van der Waals surface area contributed by atoms with Crippen molar-refractivity contribution in [1.29, 1.82) is 0 Å². The minimum atomic E-state index is -0.272. The van der Waals surface area contributed by atoms with Crippen molar-refractivity contribution in [3.63, 3.8) is 0 Å². The number of carbonyl (C=O) groups excluding carboxylic acids is 1. The number of nitrogens with one attached hydrogen (secondary N) is 1. The summed E-state index contributed by atoms with van der Waals surface area (Å²) in [6.45, 7) is 1.52. The average Bonchev–Trinajstić information content (AvgIpc) is 3.08. The molecule has 7 heteroatoms. The van der Waals surface area contributed by atoms with Crippen LogP contribution in [-0.2, 0) is 22.6 Å². The monoisotopic (exact) mass is 404 g/mol. The molecule has 0 saturated heterocycles. The SMILES string of the molecule is COCCCNC(=O)Cn1ncc2c3ccccc3n(Cc3ccccc3)c2c1=O. The maximum Gasteiger partial charge on any atom is 0.291 e. The average molecular weight is 404 g/mol. The van der Waals surface area contributed by atoms with Crippen molar-refractivity contribution in [2.45, 2.75) is 19.5 Å². The molecule has 0 aliphatic rings. The van der Waals surface area contributed by atoms with Crippen LogP contribution in [0.5, 0.6) is 0 Å². The van der Waals surface area contributed by atoms with Gasteiger partial charge in [-0.15, -0.1) is 0 Å². The summed E-state index contributed by atoms with van der Waals surface area (Å²) in [5.74, 6) is -0.245. The van der Waals surface area contributed by atoms with Crippen molar-refractivity contribution in [3.05, 3.63) is 76.7 Å². The number of ether oxygens (including phenoxy) is 1. The van der Waals surface area contributed by atoms with Crippen molar-refractivity contribution in [2.75, 3.05) is 20.3 Å². The summed E-state index contributed by atoms with van der Waals surface area (Å²) in [5, 5.41) is 8.83. The standard InChI is InChI=1S/C23H24N4O3/c1-30-13-7-12-24-21(28)16-27-23(29)22-19(14-25-27)18-10-5-6-11-20(18)26(22)15-17-8-3-2-4-9-17/h2-6,8-11,14H,7,12-13,15-16H2,1H3,(H,24,28). The first-order chi connectivity index (χ1) is 14.7. The maximum absolute atomic E-state index is 13.3. The van der Waals surface area contributed by atoms with Gasteiger partial charge < -0.3 is 14.6 Å². The minimum Gasteiger partial charge on any atom is -0.385 e. The van der Waals surface area contributed by atoms with Gasteiger partial charge in [0.2, 0.25) is 5.91 Å². The van der Waals surface area contributed by atoms with Crippen LogP contribution in [0, 0.1) is 0 Å². The predicted molar refractivity (Wildman–Crippen MR) is 117 cm³/mol. The first-order valence-electron chi connectivity index (χ1n) is 9.95. The first kappa shape index (κ1) is 19.8. The highest BCUT2D eigenvalue weighted by atomic mass is 16.5. The number of benzene rings is 2. The highest BCUT2D eigenvalue weighted by Gasteiger charge is 2.17. The lowest BCUT2D eigenvalue weighted by Gasteiger charge is -2.09. The van der Waals surface area contributed by atoms with E-state index in [1.165, 1.54) is 4.68 Å². The van der Waals surface area contributed by atoms with Crippen LogP contribution in [0.15, 0.2) is 65.6 Å². The Morgan fingerprint density at radius 1 is 1.07 bits per heavy atom. The van der Waals surface area contributed by atoms with Gasteiger partial charge in [-0.2, -0.15) is 5.10 Å². The molecule has 7 nitrogen and oxygen atoms in total. The summed E-state index contributed by atoms with van der Waals surface area (Å²) in [6.07, 6.45) is 2.40. The third-order valence-corrected chi connectivity index (χ3v) is 5.10. The second-order valence-electron chi connectivity index (χ2n) is 7.15. The number of nitrogens with zero attached hydrogens (tertiary/aromatic N) is 3. The third kappa shape index (κ3) is 3.97. The number of hydrogen-bond acceptors (Lipinski definition) is 4. The van der Waals surface area contributed by atoms with Crippen molar-refractivity contribution in [3.8, 4) is 0 Å². The van der Waals surface area contributed by atoms with Gasteiger partial charge in [0.05, 0.1) is 6.20 Å². The molecule has 2 aromatic heterocycles. The fraction of sp³-hybridized carbons (Fsp3) is 0.261. The summed E-state index contributed by atoms with van der Waals surface area (Å²) in [7, 11) is 1.62. The topological polar surface area (TPSA) is 78.2 Å². The molecule has 0 fully saturated rings. The molecule has 0 radical (unpaired) electrons. The molecule has 1 amide bonds. The van der Waals surface area contributed by atoms with E-state index in [9.17, 15) is 9.59 Å². The van der Waals surface area contributed by atoms with E-state index in [0.717, 1.165) is 28.3 Å². The third-order valence-electron chi connectivity index (χ3n) is 5.10. The van der Waals surface area contributed by atoms with E-state index in [4.69, 9.17) is 4.74 Å². The molecule has 0 saturated carbocycles. The molecular weight excluding hydrogens is 380 g/mol. The Kier molecular flexibility index (Phi) is 5.90. The molecule has 0 spiro atoms. The normalized spacial score (nSPS) is 11.2. The number of aromatic nitrogens is 3. The van der Waals surface area contributed by atoms with E-state index in [1.54, 1.807) is 13.3 Å². The van der Waals surface area contributed by atoms with E-state index < -0.39 is 0 Å². The fourth-order valence-corrected chi connectivity index (χ4v) is 3.67. The zero-order valence-corrected chi connectivity index (χ0v) is 16.9. The van der Waals surface area contributed by atoms with Crippen molar-refractivity contribution in [2.24, 2.45) is 0 Å². The Balaban J connectivity index is 1.73. The molecule has 2 aromatic carbocycles. The molecule has 0 bridgehead atoms. The maximum atomic E-state index is 13.3. The lowest BCUT2D eigenvalue weighted by atomic mass is 10.2. The summed E-state index contributed by atoms with van der Waals surface area (Å²) < 4.78 is 8.22. The van der Waals surface area contributed by atoms with Crippen molar-refractivity contribution in [1.82, 2.24) is 19.7 Å². The number of amides is 1. The van der Waals surface area contributed by atoms with E-state index >= 15 is 0 Å². The van der Waals surface area contributed by atoms with E-state index in [0.29, 0.717) is 25.2 Å². The molecular formula is C23H24N4O3. The minimum absolute atomic E-state index is 0.116. The highest BCUT2D eigenvalue weighted by molar-refractivity contribution is 6.07. The molecule has 4 rings (SSSR count). The van der Waals surface area contributed by atoms with Gasteiger partial charge in [0.1, 0.15) is 12.1 Å². The van der Waals surface area contributed by atoms with Crippen LogP contribution >= 0.6 is 0 Å². The molecule has 4 aromatic rings. The molecule has 30 heavy (non-hydrogen) atoms. The quantitative estimate of drug-likeness (QED) is 0.458. The number of methoxy groups -OCH3 is 1. The van der Waals surface area contributed by atoms with Crippen LogP contribution in [0.1, 0.15) is 12.0 Å². The zero-order valence-electron chi connectivity index (χ0n) is 16.9.